The maximum Gasteiger partial charge on any atom is 0.238 e. The highest BCUT2D eigenvalue weighted by Gasteiger charge is 2.20. The summed E-state index contributed by atoms with van der Waals surface area (Å²) in [5, 5.41) is 13.1. The van der Waals surface area contributed by atoms with Crippen LogP contribution in [0.15, 0.2) is 42.5 Å². The summed E-state index contributed by atoms with van der Waals surface area (Å²) in [5.74, 6) is 0.397. The smallest absolute Gasteiger partial charge is 0.238 e. The fourth-order valence-corrected chi connectivity index (χ4v) is 3.26. The summed E-state index contributed by atoms with van der Waals surface area (Å²) >= 11 is 0. The lowest BCUT2D eigenvalue weighted by atomic mass is 10.0. The van der Waals surface area contributed by atoms with E-state index in [0.29, 0.717) is 12.3 Å². The number of hydrogen-bond donors (Lipinski definition) is 2. The lowest BCUT2D eigenvalue weighted by molar-refractivity contribution is -0.117. The lowest BCUT2D eigenvalue weighted by Gasteiger charge is -2.34. The number of nitrogens with one attached hydrogen (secondary N) is 1. The van der Waals surface area contributed by atoms with Gasteiger partial charge >= 0.3 is 0 Å². The van der Waals surface area contributed by atoms with Gasteiger partial charge in [0.1, 0.15) is 5.75 Å². The van der Waals surface area contributed by atoms with Crippen LogP contribution >= 0.6 is 0 Å². The van der Waals surface area contributed by atoms with Gasteiger partial charge in [-0.25, -0.2) is 0 Å². The zero-order chi connectivity index (χ0) is 18.5. The van der Waals surface area contributed by atoms with Gasteiger partial charge in [-0.15, -0.1) is 0 Å². The topological polar surface area (TPSA) is 55.8 Å². The molecule has 1 aliphatic heterocycles. The molecular weight excluding hydrogens is 326 g/mol. The van der Waals surface area contributed by atoms with Gasteiger partial charge in [-0.3, -0.25) is 14.6 Å². The average molecular weight is 353 g/mol. The van der Waals surface area contributed by atoms with Gasteiger partial charge in [0.15, 0.2) is 0 Å². The van der Waals surface area contributed by atoms with Gasteiger partial charge < -0.3 is 10.4 Å². The number of piperazine rings is 1. The molecule has 5 nitrogen and oxygen atoms in total. The van der Waals surface area contributed by atoms with Crippen molar-refractivity contribution in [1.29, 1.82) is 0 Å². The first-order chi connectivity index (χ1) is 12.5. The lowest BCUT2D eigenvalue weighted by Crippen LogP contribution is -2.48. The summed E-state index contributed by atoms with van der Waals surface area (Å²) in [5.41, 5.74) is 4.12. The number of phenols is 1. The van der Waals surface area contributed by atoms with Crippen LogP contribution in [-0.2, 0) is 11.3 Å². The Morgan fingerprint density at radius 3 is 2.31 bits per heavy atom. The predicted octanol–water partition coefficient (Wildman–Crippen LogP) is 2.77. The van der Waals surface area contributed by atoms with Crippen molar-refractivity contribution in [1.82, 2.24) is 9.80 Å². The van der Waals surface area contributed by atoms with Crippen molar-refractivity contribution in [3.8, 4) is 5.75 Å². The minimum Gasteiger partial charge on any atom is -0.508 e. The number of carbonyl (C=O) groups is 1. The van der Waals surface area contributed by atoms with E-state index in [1.54, 1.807) is 0 Å². The number of para-hydroxylation sites is 1. The van der Waals surface area contributed by atoms with Crippen LogP contribution in [0, 0.1) is 13.8 Å². The summed E-state index contributed by atoms with van der Waals surface area (Å²) in [6.07, 6.45) is 0. The molecule has 1 heterocycles. The molecule has 1 amide bonds. The molecular formula is C21H27N3O2. The third-order valence-corrected chi connectivity index (χ3v) is 4.98. The van der Waals surface area contributed by atoms with E-state index < -0.39 is 0 Å². The number of rotatable bonds is 5. The van der Waals surface area contributed by atoms with Crippen LogP contribution in [0.5, 0.6) is 5.75 Å². The number of anilines is 1. The normalized spacial score (nSPS) is 15.8. The van der Waals surface area contributed by atoms with E-state index in [9.17, 15) is 9.90 Å². The fourth-order valence-electron chi connectivity index (χ4n) is 3.26. The second kappa shape index (κ2) is 8.34. The Hall–Kier alpha value is -2.37. The summed E-state index contributed by atoms with van der Waals surface area (Å²) in [4.78, 5) is 16.7. The van der Waals surface area contributed by atoms with Crippen molar-refractivity contribution in [3.05, 3.63) is 59.2 Å². The van der Waals surface area contributed by atoms with Crippen LogP contribution < -0.4 is 5.32 Å². The molecule has 0 unspecified atom stereocenters. The molecule has 0 aromatic heterocycles. The van der Waals surface area contributed by atoms with E-state index in [0.717, 1.165) is 49.5 Å². The summed E-state index contributed by atoms with van der Waals surface area (Å²) < 4.78 is 0. The number of aromatic hydroxyl groups is 1. The second-order valence-electron chi connectivity index (χ2n) is 7.03. The van der Waals surface area contributed by atoms with E-state index >= 15 is 0 Å². The Balaban J connectivity index is 1.47. The molecule has 26 heavy (non-hydrogen) atoms. The number of aryl methyl sites for hydroxylation is 2. The van der Waals surface area contributed by atoms with Crippen LogP contribution in [-0.4, -0.2) is 53.5 Å². The molecule has 1 saturated heterocycles. The molecule has 0 aliphatic carbocycles. The molecule has 0 radical (unpaired) electrons. The van der Waals surface area contributed by atoms with E-state index in [2.05, 4.69) is 28.1 Å². The average Bonchev–Trinajstić information content (AvgIpc) is 2.62. The van der Waals surface area contributed by atoms with Gasteiger partial charge in [-0.2, -0.15) is 0 Å². The van der Waals surface area contributed by atoms with Crippen molar-refractivity contribution in [3.63, 3.8) is 0 Å². The van der Waals surface area contributed by atoms with Gasteiger partial charge in [-0.05, 0) is 43.2 Å². The fraction of sp³-hybridized carbons (Fsp3) is 0.381. The minimum absolute atomic E-state index is 0.0245. The van der Waals surface area contributed by atoms with Crippen LogP contribution in [0.2, 0.25) is 0 Å². The number of amides is 1. The van der Waals surface area contributed by atoms with E-state index in [-0.39, 0.29) is 5.91 Å². The standard InChI is InChI=1S/C21H27N3O2/c1-16-12-18(20(25)13-17(16)2)14-23-8-10-24(11-9-23)15-21(26)22-19-6-4-3-5-7-19/h3-7,12-13,25H,8-11,14-15H2,1-2H3,(H,22,26). The third-order valence-electron chi connectivity index (χ3n) is 4.98. The molecule has 0 saturated carbocycles. The summed E-state index contributed by atoms with van der Waals surface area (Å²) in [6, 6.07) is 13.5. The second-order valence-corrected chi connectivity index (χ2v) is 7.03. The van der Waals surface area contributed by atoms with Crippen molar-refractivity contribution in [2.45, 2.75) is 20.4 Å². The number of benzene rings is 2. The van der Waals surface area contributed by atoms with Crippen LogP contribution in [0.1, 0.15) is 16.7 Å². The molecule has 1 fully saturated rings. The molecule has 2 N–H and O–H groups in total. The molecule has 0 atom stereocenters. The predicted molar refractivity (Wildman–Crippen MR) is 104 cm³/mol. The van der Waals surface area contributed by atoms with Crippen molar-refractivity contribution in [2.75, 3.05) is 38.0 Å². The van der Waals surface area contributed by atoms with Crippen molar-refractivity contribution < 1.29 is 9.90 Å². The van der Waals surface area contributed by atoms with Gasteiger partial charge in [0.05, 0.1) is 6.54 Å². The first kappa shape index (κ1) is 18.4. The molecule has 2 aromatic rings. The van der Waals surface area contributed by atoms with E-state index in [1.807, 2.05) is 43.3 Å². The molecule has 5 heteroatoms. The van der Waals surface area contributed by atoms with Gasteiger partial charge in [0.2, 0.25) is 5.91 Å². The molecule has 2 aromatic carbocycles. The van der Waals surface area contributed by atoms with Gasteiger partial charge in [0.25, 0.3) is 0 Å². The van der Waals surface area contributed by atoms with Crippen LogP contribution in [0.4, 0.5) is 5.69 Å². The minimum atomic E-state index is 0.0245. The number of hydrogen-bond acceptors (Lipinski definition) is 4. The zero-order valence-electron chi connectivity index (χ0n) is 15.5. The third kappa shape index (κ3) is 4.84. The largest absolute Gasteiger partial charge is 0.508 e. The zero-order valence-corrected chi connectivity index (χ0v) is 15.5. The Morgan fingerprint density at radius 2 is 1.62 bits per heavy atom. The number of carbonyl (C=O) groups excluding carboxylic acids is 1. The number of phenolic OH excluding ortho intramolecular Hbond substituents is 1. The Bertz CT molecular complexity index is 753. The Labute approximate surface area is 155 Å². The molecule has 0 spiro atoms. The Morgan fingerprint density at radius 1 is 1.00 bits per heavy atom. The number of nitrogens with zero attached hydrogens (tertiary/aromatic N) is 2. The van der Waals surface area contributed by atoms with E-state index in [1.165, 1.54) is 5.56 Å². The first-order valence-electron chi connectivity index (χ1n) is 9.10. The van der Waals surface area contributed by atoms with Crippen molar-refractivity contribution in [2.24, 2.45) is 0 Å². The SMILES string of the molecule is Cc1cc(O)c(CN2CCN(CC(=O)Nc3ccccc3)CC2)cc1C. The van der Waals surface area contributed by atoms with Gasteiger partial charge in [0, 0.05) is 44.0 Å². The van der Waals surface area contributed by atoms with E-state index in [4.69, 9.17) is 0 Å². The van der Waals surface area contributed by atoms with Crippen LogP contribution in [0.25, 0.3) is 0 Å². The van der Waals surface area contributed by atoms with Gasteiger partial charge in [-0.1, -0.05) is 24.3 Å². The summed E-state index contributed by atoms with van der Waals surface area (Å²) in [7, 11) is 0. The summed E-state index contributed by atoms with van der Waals surface area (Å²) in [6.45, 7) is 8.74. The highest BCUT2D eigenvalue weighted by molar-refractivity contribution is 5.92. The maximum atomic E-state index is 12.2. The highest BCUT2D eigenvalue weighted by Crippen LogP contribution is 2.23. The molecule has 1 aliphatic rings. The van der Waals surface area contributed by atoms with Crippen molar-refractivity contribution >= 4 is 11.6 Å². The molecule has 138 valence electrons. The maximum absolute atomic E-state index is 12.2. The first-order valence-corrected chi connectivity index (χ1v) is 9.10. The quantitative estimate of drug-likeness (QED) is 0.868. The highest BCUT2D eigenvalue weighted by atomic mass is 16.3. The molecule has 0 bridgehead atoms. The monoisotopic (exact) mass is 353 g/mol. The van der Waals surface area contributed by atoms with Crippen LogP contribution in [0.3, 0.4) is 0 Å². The molecule has 3 rings (SSSR count). The Kier molecular flexibility index (Phi) is 5.91.